The van der Waals surface area contributed by atoms with Crippen molar-refractivity contribution in [3.05, 3.63) is 11.4 Å². The number of halogens is 1. The van der Waals surface area contributed by atoms with E-state index in [0.717, 1.165) is 0 Å². The van der Waals surface area contributed by atoms with E-state index in [2.05, 4.69) is 0 Å². The minimum absolute atomic E-state index is 0.371. The maximum absolute atomic E-state index is 13.6. The Bertz CT molecular complexity index is 383. The molecule has 0 saturated carbocycles. The highest BCUT2D eigenvalue weighted by atomic mass is 19.1. The van der Waals surface area contributed by atoms with Crippen molar-refractivity contribution in [3.63, 3.8) is 0 Å². The molecular formula is C14H24FNO3. The maximum atomic E-state index is 13.6. The number of hydrogen-bond acceptors (Lipinski definition) is 3. The lowest BCUT2D eigenvalue weighted by atomic mass is 9.78. The molecule has 1 heterocycles. The molecule has 1 aliphatic rings. The van der Waals surface area contributed by atoms with Crippen molar-refractivity contribution in [1.29, 1.82) is 0 Å². The standard InChI is InChI=1S/C14H24FNO3/c1-13(2,3)19-12(18)16-7-6-10(11(15)8-17)14(4,5)9-16/h17H,6-9H2,1-5H3/b11-10-. The first-order valence-electron chi connectivity index (χ1n) is 6.53. The van der Waals surface area contributed by atoms with Gasteiger partial charge in [0.25, 0.3) is 0 Å². The van der Waals surface area contributed by atoms with E-state index in [-0.39, 0.29) is 6.09 Å². The van der Waals surface area contributed by atoms with E-state index < -0.39 is 23.4 Å². The van der Waals surface area contributed by atoms with Crippen LogP contribution in [0.25, 0.3) is 0 Å². The fourth-order valence-corrected chi connectivity index (χ4v) is 2.32. The van der Waals surface area contributed by atoms with Gasteiger partial charge in [-0.3, -0.25) is 0 Å². The lowest BCUT2D eigenvalue weighted by Gasteiger charge is -2.40. The van der Waals surface area contributed by atoms with Gasteiger partial charge in [0.15, 0.2) is 0 Å². The number of carbonyl (C=O) groups is 1. The van der Waals surface area contributed by atoms with Gasteiger partial charge >= 0.3 is 6.09 Å². The van der Waals surface area contributed by atoms with E-state index in [0.29, 0.717) is 25.1 Å². The van der Waals surface area contributed by atoms with Gasteiger partial charge in [-0.15, -0.1) is 0 Å². The molecule has 19 heavy (non-hydrogen) atoms. The van der Waals surface area contributed by atoms with Gasteiger partial charge in [-0.1, -0.05) is 13.8 Å². The van der Waals surface area contributed by atoms with Gasteiger partial charge in [0.2, 0.25) is 0 Å². The monoisotopic (exact) mass is 273 g/mol. The Kier molecular flexibility index (Phi) is 4.61. The molecule has 0 atom stereocenters. The van der Waals surface area contributed by atoms with Crippen molar-refractivity contribution in [2.24, 2.45) is 5.41 Å². The van der Waals surface area contributed by atoms with Crippen molar-refractivity contribution >= 4 is 6.09 Å². The second kappa shape index (κ2) is 5.49. The zero-order valence-electron chi connectivity index (χ0n) is 12.4. The van der Waals surface area contributed by atoms with E-state index >= 15 is 0 Å². The summed E-state index contributed by atoms with van der Waals surface area (Å²) in [5.74, 6) is -0.478. The first-order valence-corrected chi connectivity index (χ1v) is 6.53. The van der Waals surface area contributed by atoms with Crippen LogP contribution in [0.3, 0.4) is 0 Å². The predicted molar refractivity (Wildman–Crippen MR) is 71.4 cm³/mol. The molecule has 0 radical (unpaired) electrons. The zero-order chi connectivity index (χ0) is 14.8. The first-order chi connectivity index (χ1) is 8.57. The number of aliphatic hydroxyl groups excluding tert-OH is 1. The molecule has 0 aromatic heterocycles. The molecule has 110 valence electrons. The van der Waals surface area contributed by atoms with Crippen LogP contribution in [0.5, 0.6) is 0 Å². The van der Waals surface area contributed by atoms with E-state index in [1.54, 1.807) is 4.90 Å². The summed E-state index contributed by atoms with van der Waals surface area (Å²) < 4.78 is 18.9. The SMILES string of the molecule is CC(C)(C)OC(=O)N1CC/C(=C(/F)CO)C(C)(C)C1. The molecule has 1 rings (SSSR count). The third-order valence-electron chi connectivity index (χ3n) is 3.15. The van der Waals surface area contributed by atoms with Gasteiger partial charge in [0.05, 0.1) is 6.61 Å². The van der Waals surface area contributed by atoms with E-state index in [9.17, 15) is 9.18 Å². The second-order valence-electron chi connectivity index (χ2n) is 6.58. The van der Waals surface area contributed by atoms with E-state index in [4.69, 9.17) is 9.84 Å². The van der Waals surface area contributed by atoms with Crippen molar-refractivity contribution < 1.29 is 19.0 Å². The van der Waals surface area contributed by atoms with Gasteiger partial charge in [-0.25, -0.2) is 9.18 Å². The molecular weight excluding hydrogens is 249 g/mol. The van der Waals surface area contributed by atoms with Crippen LogP contribution in [0.4, 0.5) is 9.18 Å². The van der Waals surface area contributed by atoms with Crippen molar-refractivity contribution in [3.8, 4) is 0 Å². The molecule has 1 aliphatic heterocycles. The minimum Gasteiger partial charge on any atom is -0.444 e. The Morgan fingerprint density at radius 1 is 1.47 bits per heavy atom. The Hall–Kier alpha value is -1.10. The normalized spacial score (nSPS) is 22.2. The molecule has 4 nitrogen and oxygen atoms in total. The third kappa shape index (κ3) is 4.20. The Balaban J connectivity index is 2.79. The number of amides is 1. The molecule has 0 aliphatic carbocycles. The molecule has 0 aromatic rings. The van der Waals surface area contributed by atoms with Crippen LogP contribution >= 0.6 is 0 Å². The van der Waals surface area contributed by atoms with Crippen LogP contribution in [-0.2, 0) is 4.74 Å². The number of rotatable bonds is 1. The summed E-state index contributed by atoms with van der Waals surface area (Å²) in [6.45, 7) is 9.42. The summed E-state index contributed by atoms with van der Waals surface area (Å²) >= 11 is 0. The highest BCUT2D eigenvalue weighted by Crippen LogP contribution is 2.37. The van der Waals surface area contributed by atoms with Crippen LogP contribution < -0.4 is 0 Å². The highest BCUT2D eigenvalue weighted by molar-refractivity contribution is 5.68. The molecule has 0 aromatic carbocycles. The lowest BCUT2D eigenvalue weighted by molar-refractivity contribution is 0.0152. The molecule has 1 N–H and O–H groups in total. The highest BCUT2D eigenvalue weighted by Gasteiger charge is 2.36. The average Bonchev–Trinajstić information content (AvgIpc) is 2.24. The third-order valence-corrected chi connectivity index (χ3v) is 3.15. The summed E-state index contributed by atoms with van der Waals surface area (Å²) in [6, 6.07) is 0. The average molecular weight is 273 g/mol. The quantitative estimate of drug-likeness (QED) is 0.799. The Labute approximate surface area is 114 Å². The number of hydrogen-bond donors (Lipinski definition) is 1. The number of carbonyl (C=O) groups excluding carboxylic acids is 1. The van der Waals surface area contributed by atoms with Gasteiger partial charge in [0, 0.05) is 18.5 Å². The molecule has 1 saturated heterocycles. The fourth-order valence-electron chi connectivity index (χ4n) is 2.32. The van der Waals surface area contributed by atoms with E-state index in [1.807, 2.05) is 34.6 Å². The number of aliphatic hydroxyl groups is 1. The summed E-state index contributed by atoms with van der Waals surface area (Å²) in [4.78, 5) is 13.6. The zero-order valence-corrected chi connectivity index (χ0v) is 12.4. The van der Waals surface area contributed by atoms with Crippen LogP contribution in [-0.4, -0.2) is 41.4 Å². The van der Waals surface area contributed by atoms with Gasteiger partial charge in [-0.05, 0) is 32.8 Å². The Morgan fingerprint density at radius 3 is 2.47 bits per heavy atom. The predicted octanol–water partition coefficient (Wildman–Crippen LogP) is 2.87. The summed E-state index contributed by atoms with van der Waals surface area (Å²) in [5.41, 5.74) is -0.426. The molecule has 1 fully saturated rings. The second-order valence-corrected chi connectivity index (χ2v) is 6.58. The van der Waals surface area contributed by atoms with E-state index in [1.165, 1.54) is 0 Å². The number of ether oxygens (including phenoxy) is 1. The topological polar surface area (TPSA) is 49.8 Å². The molecule has 0 bridgehead atoms. The van der Waals surface area contributed by atoms with Crippen molar-refractivity contribution in [2.75, 3.05) is 19.7 Å². The lowest BCUT2D eigenvalue weighted by Crippen LogP contribution is -2.47. The van der Waals surface area contributed by atoms with Gasteiger partial charge < -0.3 is 14.7 Å². The summed E-state index contributed by atoms with van der Waals surface area (Å²) in [6.07, 6.45) is 0.0579. The fraction of sp³-hybridized carbons (Fsp3) is 0.786. The maximum Gasteiger partial charge on any atom is 0.410 e. The molecule has 5 heteroatoms. The van der Waals surface area contributed by atoms with Crippen molar-refractivity contribution in [2.45, 2.75) is 46.6 Å². The number of likely N-dealkylation sites (tertiary alicyclic amines) is 1. The van der Waals surface area contributed by atoms with Crippen LogP contribution in [0.1, 0.15) is 41.0 Å². The smallest absolute Gasteiger partial charge is 0.410 e. The van der Waals surface area contributed by atoms with Crippen LogP contribution in [0.2, 0.25) is 0 Å². The minimum atomic E-state index is -0.578. The van der Waals surface area contributed by atoms with Crippen LogP contribution in [0, 0.1) is 5.41 Å². The Morgan fingerprint density at radius 2 is 2.05 bits per heavy atom. The summed E-state index contributed by atoms with van der Waals surface area (Å²) in [7, 11) is 0. The number of nitrogens with zero attached hydrogens (tertiary/aromatic N) is 1. The van der Waals surface area contributed by atoms with Crippen LogP contribution in [0.15, 0.2) is 11.4 Å². The largest absolute Gasteiger partial charge is 0.444 e. The number of piperidine rings is 1. The van der Waals surface area contributed by atoms with Crippen molar-refractivity contribution in [1.82, 2.24) is 4.90 Å². The van der Waals surface area contributed by atoms with Gasteiger partial charge in [0.1, 0.15) is 11.4 Å². The first kappa shape index (κ1) is 16.0. The molecule has 0 spiro atoms. The van der Waals surface area contributed by atoms with Gasteiger partial charge in [-0.2, -0.15) is 0 Å². The summed E-state index contributed by atoms with van der Waals surface area (Å²) in [5, 5.41) is 8.91. The molecule has 0 unspecified atom stereocenters. The molecule has 1 amide bonds.